The van der Waals surface area contributed by atoms with E-state index in [1.165, 1.54) is 10.8 Å². The number of hydrogen-bond donors (Lipinski definition) is 0. The van der Waals surface area contributed by atoms with Gasteiger partial charge in [-0.15, -0.1) is 0 Å². The van der Waals surface area contributed by atoms with Crippen molar-refractivity contribution < 1.29 is 13.9 Å². The van der Waals surface area contributed by atoms with Crippen LogP contribution in [0.15, 0.2) is 60.8 Å². The van der Waals surface area contributed by atoms with Gasteiger partial charge in [0.15, 0.2) is 11.9 Å². The Labute approximate surface area is 128 Å². The van der Waals surface area contributed by atoms with Crippen LogP contribution >= 0.6 is 0 Å². The summed E-state index contributed by atoms with van der Waals surface area (Å²) >= 11 is 0. The highest BCUT2D eigenvalue weighted by Gasteiger charge is 2.20. The predicted octanol–water partition coefficient (Wildman–Crippen LogP) is 3.75. The van der Waals surface area contributed by atoms with E-state index in [4.69, 9.17) is 9.47 Å². The van der Waals surface area contributed by atoms with Crippen LogP contribution in [0.5, 0.6) is 11.5 Å². The quantitative estimate of drug-likeness (QED) is 0.414. The van der Waals surface area contributed by atoms with Crippen LogP contribution in [0.25, 0.3) is 27.2 Å². The standard InChI is InChI=1S/C19H16NO2/c1-21-13-11-16-14-7-3-4-8-15(14)17-9-5-6-10-20(17)19(16)18(12-13)22-2/h3-12H,1-2H3/q+1. The number of aromatic nitrogens is 1. The molecule has 0 atom stereocenters. The van der Waals surface area contributed by atoms with Crippen molar-refractivity contribution in [2.75, 3.05) is 14.2 Å². The highest BCUT2D eigenvalue weighted by Crippen LogP contribution is 2.34. The maximum absolute atomic E-state index is 5.63. The van der Waals surface area contributed by atoms with Gasteiger partial charge in [0.1, 0.15) is 5.75 Å². The van der Waals surface area contributed by atoms with Gasteiger partial charge in [0, 0.05) is 23.6 Å². The Morgan fingerprint density at radius 1 is 0.773 bits per heavy atom. The van der Waals surface area contributed by atoms with Crippen molar-refractivity contribution in [1.29, 1.82) is 0 Å². The Hall–Kier alpha value is -2.81. The molecule has 0 aliphatic rings. The van der Waals surface area contributed by atoms with Crippen LogP contribution < -0.4 is 13.9 Å². The number of nitrogens with zero attached hydrogens (tertiary/aromatic N) is 1. The summed E-state index contributed by atoms with van der Waals surface area (Å²) in [5.74, 6) is 1.60. The van der Waals surface area contributed by atoms with E-state index in [2.05, 4.69) is 53.1 Å². The molecule has 0 spiro atoms. The van der Waals surface area contributed by atoms with Crippen LogP contribution in [-0.4, -0.2) is 14.2 Å². The van der Waals surface area contributed by atoms with Gasteiger partial charge in [0.25, 0.3) is 5.52 Å². The van der Waals surface area contributed by atoms with Crippen LogP contribution in [-0.2, 0) is 0 Å². The first-order chi connectivity index (χ1) is 10.8. The fraction of sp³-hybridized carbons (Fsp3) is 0.105. The first kappa shape index (κ1) is 12.9. The molecule has 22 heavy (non-hydrogen) atoms. The smallest absolute Gasteiger partial charge is 0.261 e. The lowest BCUT2D eigenvalue weighted by Crippen LogP contribution is -2.23. The number of ether oxygens (including phenoxy) is 2. The molecule has 0 saturated heterocycles. The first-order valence-corrected chi connectivity index (χ1v) is 7.20. The van der Waals surface area contributed by atoms with E-state index in [1.54, 1.807) is 14.2 Å². The number of pyridine rings is 2. The number of methoxy groups -OCH3 is 2. The minimum atomic E-state index is 0.797. The Morgan fingerprint density at radius 2 is 1.55 bits per heavy atom. The Balaban J connectivity index is 2.37. The van der Waals surface area contributed by atoms with Crippen molar-refractivity contribution in [3.63, 3.8) is 0 Å². The average Bonchev–Trinajstić information content (AvgIpc) is 2.60. The molecule has 2 heterocycles. The Bertz CT molecular complexity index is 1010. The van der Waals surface area contributed by atoms with Gasteiger partial charge in [-0.25, -0.2) is 0 Å². The second-order valence-electron chi connectivity index (χ2n) is 5.23. The summed E-state index contributed by atoms with van der Waals surface area (Å²) in [5, 5.41) is 3.53. The zero-order valence-corrected chi connectivity index (χ0v) is 12.5. The van der Waals surface area contributed by atoms with E-state index in [0.29, 0.717) is 0 Å². The van der Waals surface area contributed by atoms with E-state index in [1.807, 2.05) is 12.1 Å². The zero-order valence-electron chi connectivity index (χ0n) is 12.5. The molecule has 0 N–H and O–H groups in total. The third kappa shape index (κ3) is 1.72. The van der Waals surface area contributed by atoms with Gasteiger partial charge < -0.3 is 9.47 Å². The molecule has 2 aromatic heterocycles. The number of rotatable bonds is 2. The van der Waals surface area contributed by atoms with Crippen LogP contribution in [0.1, 0.15) is 0 Å². The van der Waals surface area contributed by atoms with Gasteiger partial charge >= 0.3 is 0 Å². The lowest BCUT2D eigenvalue weighted by Gasteiger charge is -2.09. The molecular formula is C19H16NO2+. The summed E-state index contributed by atoms with van der Waals surface area (Å²) in [7, 11) is 3.37. The second-order valence-corrected chi connectivity index (χ2v) is 5.23. The normalized spacial score (nSPS) is 11.2. The molecule has 0 amide bonds. The highest BCUT2D eigenvalue weighted by molar-refractivity contribution is 6.11. The summed E-state index contributed by atoms with van der Waals surface area (Å²) in [5.41, 5.74) is 2.21. The van der Waals surface area contributed by atoms with Gasteiger partial charge in [-0.1, -0.05) is 18.2 Å². The molecule has 4 rings (SSSR count). The molecule has 108 valence electrons. The average molecular weight is 290 g/mol. The largest absolute Gasteiger partial charge is 0.497 e. The third-order valence-corrected chi connectivity index (χ3v) is 4.10. The minimum absolute atomic E-state index is 0.797. The molecular weight excluding hydrogens is 274 g/mol. The number of hydrogen-bond acceptors (Lipinski definition) is 2. The van der Waals surface area contributed by atoms with Crippen LogP contribution in [0.4, 0.5) is 0 Å². The van der Waals surface area contributed by atoms with E-state index >= 15 is 0 Å². The molecule has 3 heteroatoms. The summed E-state index contributed by atoms with van der Waals surface area (Å²) in [6.07, 6.45) is 2.07. The Morgan fingerprint density at radius 3 is 2.32 bits per heavy atom. The summed E-state index contributed by atoms with van der Waals surface area (Å²) in [6.45, 7) is 0. The summed E-state index contributed by atoms with van der Waals surface area (Å²) in [4.78, 5) is 0. The Kier molecular flexibility index (Phi) is 2.86. The van der Waals surface area contributed by atoms with Crippen molar-refractivity contribution in [1.82, 2.24) is 0 Å². The van der Waals surface area contributed by atoms with Crippen LogP contribution in [0, 0.1) is 0 Å². The van der Waals surface area contributed by atoms with Crippen molar-refractivity contribution in [3.05, 3.63) is 60.8 Å². The summed E-state index contributed by atoms with van der Waals surface area (Å²) in [6, 6.07) is 18.6. The molecule has 0 saturated carbocycles. The maximum Gasteiger partial charge on any atom is 0.261 e. The molecule has 0 aliphatic carbocycles. The predicted molar refractivity (Wildman–Crippen MR) is 87.7 cm³/mol. The minimum Gasteiger partial charge on any atom is -0.497 e. The van der Waals surface area contributed by atoms with Crippen LogP contribution in [0.2, 0.25) is 0 Å². The second kappa shape index (κ2) is 4.88. The number of benzene rings is 2. The fourth-order valence-corrected chi connectivity index (χ4v) is 3.11. The fourth-order valence-electron chi connectivity index (χ4n) is 3.11. The van der Waals surface area contributed by atoms with Crippen molar-refractivity contribution >= 4 is 27.2 Å². The highest BCUT2D eigenvalue weighted by atomic mass is 16.5. The lowest BCUT2D eigenvalue weighted by atomic mass is 10.0. The zero-order chi connectivity index (χ0) is 15.1. The van der Waals surface area contributed by atoms with E-state index in [0.717, 1.165) is 27.9 Å². The molecule has 0 radical (unpaired) electrons. The van der Waals surface area contributed by atoms with Gasteiger partial charge in [0.05, 0.1) is 25.0 Å². The van der Waals surface area contributed by atoms with E-state index < -0.39 is 0 Å². The van der Waals surface area contributed by atoms with E-state index in [-0.39, 0.29) is 0 Å². The van der Waals surface area contributed by atoms with Crippen molar-refractivity contribution in [2.45, 2.75) is 0 Å². The van der Waals surface area contributed by atoms with Gasteiger partial charge in [-0.05, 0) is 18.2 Å². The molecule has 2 aromatic carbocycles. The molecule has 0 fully saturated rings. The molecule has 3 nitrogen and oxygen atoms in total. The molecule has 4 aromatic rings. The van der Waals surface area contributed by atoms with Crippen LogP contribution in [0.3, 0.4) is 0 Å². The SMILES string of the molecule is COc1cc(OC)c2c(c1)c1ccccc1c1cccc[n+]12. The molecule has 0 aliphatic heterocycles. The van der Waals surface area contributed by atoms with Crippen molar-refractivity contribution in [3.8, 4) is 11.5 Å². The van der Waals surface area contributed by atoms with Gasteiger partial charge in [-0.3, -0.25) is 0 Å². The summed E-state index contributed by atoms with van der Waals surface area (Å²) < 4.78 is 13.2. The molecule has 0 bridgehead atoms. The lowest BCUT2D eigenvalue weighted by molar-refractivity contribution is -0.480. The third-order valence-electron chi connectivity index (χ3n) is 4.10. The topological polar surface area (TPSA) is 22.6 Å². The first-order valence-electron chi connectivity index (χ1n) is 7.20. The molecule has 0 unspecified atom stereocenters. The van der Waals surface area contributed by atoms with E-state index in [9.17, 15) is 0 Å². The van der Waals surface area contributed by atoms with Gasteiger partial charge in [-0.2, -0.15) is 4.40 Å². The van der Waals surface area contributed by atoms with Crippen molar-refractivity contribution in [2.24, 2.45) is 0 Å². The number of fused-ring (bicyclic) bond motifs is 6. The maximum atomic E-state index is 5.63. The van der Waals surface area contributed by atoms with Gasteiger partial charge in [0.2, 0.25) is 5.52 Å². The monoisotopic (exact) mass is 290 g/mol.